The molecule has 3 N–H and O–H groups in total. The van der Waals surface area contributed by atoms with E-state index in [2.05, 4.69) is 16.0 Å². The van der Waals surface area contributed by atoms with E-state index in [4.69, 9.17) is 0 Å². The summed E-state index contributed by atoms with van der Waals surface area (Å²) in [5.74, 6) is -1.32. The molecule has 1 aliphatic rings. The van der Waals surface area contributed by atoms with E-state index in [-0.39, 0.29) is 0 Å². The van der Waals surface area contributed by atoms with Crippen LogP contribution in [0, 0.1) is 13.8 Å². The smallest absolute Gasteiger partial charge is 0.326 e. The zero-order chi connectivity index (χ0) is 22.6. The minimum atomic E-state index is -1.46. The number of rotatable bonds is 6. The molecule has 1 atom stereocenters. The van der Waals surface area contributed by atoms with Gasteiger partial charge in [-0.2, -0.15) is 0 Å². The van der Waals surface area contributed by atoms with Crippen molar-refractivity contribution in [3.05, 3.63) is 70.8 Å². The van der Waals surface area contributed by atoms with E-state index in [0.717, 1.165) is 16.0 Å². The SMILES string of the molecule is CCCNC(=O)NC(=O)CN1C(=O)N[C@@](c2ccccc2)(c2ccc(C)c(C)c2)C1=O. The predicted molar refractivity (Wildman–Crippen MR) is 115 cm³/mol. The lowest BCUT2D eigenvalue weighted by Gasteiger charge is -2.28. The summed E-state index contributed by atoms with van der Waals surface area (Å²) in [4.78, 5) is 51.3. The molecule has 1 heterocycles. The van der Waals surface area contributed by atoms with Crippen LogP contribution in [0.15, 0.2) is 48.5 Å². The van der Waals surface area contributed by atoms with Crippen LogP contribution in [0.5, 0.6) is 0 Å². The van der Waals surface area contributed by atoms with Gasteiger partial charge in [-0.3, -0.25) is 19.8 Å². The van der Waals surface area contributed by atoms with Crippen LogP contribution in [0.3, 0.4) is 0 Å². The maximum Gasteiger partial charge on any atom is 0.326 e. The summed E-state index contributed by atoms with van der Waals surface area (Å²) in [6.07, 6.45) is 0.712. The number of hydrogen-bond acceptors (Lipinski definition) is 4. The molecule has 31 heavy (non-hydrogen) atoms. The van der Waals surface area contributed by atoms with Crippen LogP contribution in [0.1, 0.15) is 35.6 Å². The van der Waals surface area contributed by atoms with E-state index in [9.17, 15) is 19.2 Å². The number of benzene rings is 2. The lowest BCUT2D eigenvalue weighted by molar-refractivity contribution is -0.134. The minimum Gasteiger partial charge on any atom is -0.338 e. The van der Waals surface area contributed by atoms with Crippen LogP contribution in [0.4, 0.5) is 9.59 Å². The molecule has 0 bridgehead atoms. The Kier molecular flexibility index (Phi) is 6.39. The summed E-state index contributed by atoms with van der Waals surface area (Å²) in [7, 11) is 0. The van der Waals surface area contributed by atoms with Crippen molar-refractivity contribution in [2.24, 2.45) is 0 Å². The highest BCUT2D eigenvalue weighted by molar-refractivity contribution is 6.12. The second kappa shape index (κ2) is 8.99. The molecule has 1 saturated heterocycles. The lowest BCUT2D eigenvalue weighted by atomic mass is 9.81. The molecule has 8 heteroatoms. The molecular weight excluding hydrogens is 396 g/mol. The first kappa shape index (κ1) is 22.0. The highest BCUT2D eigenvalue weighted by Gasteiger charge is 2.54. The van der Waals surface area contributed by atoms with Gasteiger partial charge in [-0.15, -0.1) is 0 Å². The lowest BCUT2D eigenvalue weighted by Crippen LogP contribution is -2.48. The van der Waals surface area contributed by atoms with Gasteiger partial charge in [0.15, 0.2) is 5.54 Å². The summed E-state index contributed by atoms with van der Waals surface area (Å²) in [5, 5.41) is 7.45. The van der Waals surface area contributed by atoms with Crippen LogP contribution in [-0.4, -0.2) is 41.9 Å². The van der Waals surface area contributed by atoms with E-state index in [1.807, 2.05) is 39.0 Å². The Balaban J connectivity index is 1.94. The van der Waals surface area contributed by atoms with Crippen molar-refractivity contribution in [1.29, 1.82) is 0 Å². The van der Waals surface area contributed by atoms with Crippen LogP contribution in [-0.2, 0) is 15.1 Å². The standard InChI is InChI=1S/C23H26N4O4/c1-4-12-24-21(30)25-19(28)14-27-20(29)23(26-22(27)31,17-8-6-5-7-9-17)18-11-10-15(2)16(3)13-18/h5-11,13H,4,12,14H2,1-3H3,(H,26,31)(H2,24,25,28,30)/t23-/m0/s1. The van der Waals surface area contributed by atoms with Crippen LogP contribution < -0.4 is 16.0 Å². The number of nitrogens with zero attached hydrogens (tertiary/aromatic N) is 1. The van der Waals surface area contributed by atoms with Crippen molar-refractivity contribution in [3.8, 4) is 0 Å². The van der Waals surface area contributed by atoms with Gasteiger partial charge in [0.2, 0.25) is 5.91 Å². The zero-order valence-electron chi connectivity index (χ0n) is 17.8. The maximum absolute atomic E-state index is 13.6. The molecule has 0 spiro atoms. The van der Waals surface area contributed by atoms with Crippen molar-refractivity contribution in [2.45, 2.75) is 32.7 Å². The van der Waals surface area contributed by atoms with Crippen molar-refractivity contribution in [2.75, 3.05) is 13.1 Å². The number of hydrogen-bond donors (Lipinski definition) is 3. The first-order valence-electron chi connectivity index (χ1n) is 10.1. The van der Waals surface area contributed by atoms with E-state index in [1.54, 1.807) is 30.3 Å². The first-order valence-corrected chi connectivity index (χ1v) is 10.1. The van der Waals surface area contributed by atoms with Gasteiger partial charge in [0.05, 0.1) is 0 Å². The normalized spacial score (nSPS) is 18.0. The van der Waals surface area contributed by atoms with Gasteiger partial charge in [0.25, 0.3) is 5.91 Å². The topological polar surface area (TPSA) is 108 Å². The van der Waals surface area contributed by atoms with Gasteiger partial charge in [-0.05, 0) is 42.5 Å². The fourth-order valence-corrected chi connectivity index (χ4v) is 3.53. The third-order valence-corrected chi connectivity index (χ3v) is 5.34. The molecule has 6 amide bonds. The largest absolute Gasteiger partial charge is 0.338 e. The maximum atomic E-state index is 13.6. The van der Waals surface area contributed by atoms with Crippen molar-refractivity contribution >= 4 is 23.9 Å². The molecule has 3 rings (SSSR count). The molecule has 2 aromatic carbocycles. The average Bonchev–Trinajstić information content (AvgIpc) is 3.00. The second-order valence-corrected chi connectivity index (χ2v) is 7.54. The summed E-state index contributed by atoms with van der Waals surface area (Å²) in [6.45, 7) is 5.61. The van der Waals surface area contributed by atoms with Gasteiger partial charge >= 0.3 is 12.1 Å². The van der Waals surface area contributed by atoms with Gasteiger partial charge in [-0.1, -0.05) is 55.5 Å². The first-order chi connectivity index (χ1) is 14.8. The number of aryl methyl sites for hydroxylation is 2. The minimum absolute atomic E-state index is 0.409. The molecular formula is C23H26N4O4. The Hall–Kier alpha value is -3.68. The molecule has 1 aliphatic heterocycles. The van der Waals surface area contributed by atoms with E-state index < -0.39 is 36.0 Å². The number of imide groups is 2. The number of nitrogens with one attached hydrogen (secondary N) is 3. The molecule has 0 saturated carbocycles. The Morgan fingerprint density at radius 3 is 2.35 bits per heavy atom. The monoisotopic (exact) mass is 422 g/mol. The van der Waals surface area contributed by atoms with E-state index in [0.29, 0.717) is 24.1 Å². The fraction of sp³-hybridized carbons (Fsp3) is 0.304. The molecule has 2 aromatic rings. The number of urea groups is 2. The Morgan fingerprint density at radius 1 is 1.00 bits per heavy atom. The van der Waals surface area contributed by atoms with E-state index in [1.165, 1.54) is 0 Å². The summed E-state index contributed by atoms with van der Waals surface area (Å²) < 4.78 is 0. The predicted octanol–water partition coefficient (Wildman–Crippen LogP) is 2.33. The fourth-order valence-electron chi connectivity index (χ4n) is 3.53. The number of carbonyl (C=O) groups excluding carboxylic acids is 4. The Bertz CT molecular complexity index is 1020. The highest BCUT2D eigenvalue weighted by Crippen LogP contribution is 2.36. The quantitative estimate of drug-likeness (QED) is 0.621. The van der Waals surface area contributed by atoms with Gasteiger partial charge in [0.1, 0.15) is 6.54 Å². The van der Waals surface area contributed by atoms with Crippen LogP contribution in [0.2, 0.25) is 0 Å². The van der Waals surface area contributed by atoms with Crippen LogP contribution in [0.25, 0.3) is 0 Å². The van der Waals surface area contributed by atoms with Crippen molar-refractivity contribution in [3.63, 3.8) is 0 Å². The van der Waals surface area contributed by atoms with Crippen LogP contribution >= 0.6 is 0 Å². The molecule has 0 unspecified atom stereocenters. The molecule has 8 nitrogen and oxygen atoms in total. The van der Waals surface area contributed by atoms with Gasteiger partial charge < -0.3 is 10.6 Å². The highest BCUT2D eigenvalue weighted by atomic mass is 16.2. The third kappa shape index (κ3) is 4.28. The average molecular weight is 422 g/mol. The van der Waals surface area contributed by atoms with Crippen molar-refractivity contribution < 1.29 is 19.2 Å². The summed E-state index contributed by atoms with van der Waals surface area (Å²) in [6, 6.07) is 13.1. The molecule has 162 valence electrons. The van der Waals surface area contributed by atoms with Gasteiger partial charge in [0, 0.05) is 6.54 Å². The summed E-state index contributed by atoms with van der Waals surface area (Å²) >= 11 is 0. The Morgan fingerprint density at radius 2 is 1.71 bits per heavy atom. The Labute approximate surface area is 181 Å². The third-order valence-electron chi connectivity index (χ3n) is 5.34. The second-order valence-electron chi connectivity index (χ2n) is 7.54. The number of amides is 6. The molecule has 0 aromatic heterocycles. The van der Waals surface area contributed by atoms with Gasteiger partial charge in [-0.25, -0.2) is 9.59 Å². The van der Waals surface area contributed by atoms with E-state index >= 15 is 0 Å². The molecule has 0 radical (unpaired) electrons. The number of carbonyl (C=O) groups is 4. The zero-order valence-corrected chi connectivity index (χ0v) is 17.8. The van der Waals surface area contributed by atoms with Crippen molar-refractivity contribution in [1.82, 2.24) is 20.9 Å². The molecule has 1 fully saturated rings. The summed E-state index contributed by atoms with van der Waals surface area (Å²) in [5.41, 5.74) is 1.75. The molecule has 0 aliphatic carbocycles.